The molecule has 0 amide bonds. The standard InChI is InChI=1S/C55H42N2O/c1-54(2)45-25-15-21-37(51(45)43-32-47-41(31-46(43)54)38-20-10-11-24-44(38)55(47)28-12-5-13-29-55)36-26-27-50-42(30-36)39-22-14-23-40(52(39)58-50)49-33-48(34-16-6-3-7-17-34)56-53(57-49)35-18-8-4-9-19-35/h3-4,6-11,14-27,30-33H,5,12-13,28-29H2,1-2H3. The minimum Gasteiger partial charge on any atom is -0.455 e. The Morgan fingerprint density at radius 1 is 0.448 bits per heavy atom. The van der Waals surface area contributed by atoms with Gasteiger partial charge in [-0.05, 0) is 105 Å². The molecule has 2 aromatic heterocycles. The first kappa shape index (κ1) is 33.5. The monoisotopic (exact) mass is 746 g/mol. The lowest BCUT2D eigenvalue weighted by molar-refractivity contribution is 0.353. The molecule has 0 aliphatic heterocycles. The van der Waals surface area contributed by atoms with Crippen molar-refractivity contribution in [1.82, 2.24) is 9.97 Å². The molecule has 3 heteroatoms. The Kier molecular flexibility index (Phi) is 7.21. The fraction of sp³-hybridized carbons (Fsp3) is 0.164. The van der Waals surface area contributed by atoms with Crippen molar-refractivity contribution in [2.24, 2.45) is 0 Å². The normalized spacial score (nSPS) is 15.7. The molecule has 3 aliphatic carbocycles. The van der Waals surface area contributed by atoms with E-state index in [4.69, 9.17) is 14.4 Å². The molecule has 3 nitrogen and oxygen atoms in total. The van der Waals surface area contributed by atoms with Gasteiger partial charge in [-0.2, -0.15) is 0 Å². The van der Waals surface area contributed by atoms with Crippen LogP contribution >= 0.6 is 0 Å². The van der Waals surface area contributed by atoms with Crippen molar-refractivity contribution < 1.29 is 4.42 Å². The van der Waals surface area contributed by atoms with Gasteiger partial charge in [0.15, 0.2) is 5.82 Å². The molecule has 58 heavy (non-hydrogen) atoms. The van der Waals surface area contributed by atoms with Crippen molar-refractivity contribution in [3.8, 4) is 67.3 Å². The van der Waals surface area contributed by atoms with Crippen LogP contribution in [-0.2, 0) is 10.8 Å². The van der Waals surface area contributed by atoms with E-state index in [1.54, 1.807) is 11.1 Å². The average molecular weight is 747 g/mol. The van der Waals surface area contributed by atoms with Gasteiger partial charge in [0.05, 0.1) is 11.4 Å². The van der Waals surface area contributed by atoms with Gasteiger partial charge in [0.25, 0.3) is 0 Å². The molecule has 9 aromatic rings. The zero-order chi connectivity index (χ0) is 38.6. The van der Waals surface area contributed by atoms with E-state index >= 15 is 0 Å². The summed E-state index contributed by atoms with van der Waals surface area (Å²) in [4.78, 5) is 10.2. The number of hydrogen-bond acceptors (Lipinski definition) is 3. The van der Waals surface area contributed by atoms with Gasteiger partial charge in [0.1, 0.15) is 11.2 Å². The molecule has 0 N–H and O–H groups in total. The second kappa shape index (κ2) is 12.5. The maximum Gasteiger partial charge on any atom is 0.160 e. The third-order valence-electron chi connectivity index (χ3n) is 13.7. The van der Waals surface area contributed by atoms with Gasteiger partial charge in [-0.1, -0.05) is 154 Å². The zero-order valence-corrected chi connectivity index (χ0v) is 32.8. The Labute approximate surface area is 339 Å². The van der Waals surface area contributed by atoms with E-state index in [0.717, 1.165) is 50.0 Å². The first-order valence-electron chi connectivity index (χ1n) is 20.9. The second-order valence-electron chi connectivity index (χ2n) is 17.2. The van der Waals surface area contributed by atoms with Crippen LogP contribution in [0.3, 0.4) is 0 Å². The minimum absolute atomic E-state index is 0.112. The van der Waals surface area contributed by atoms with E-state index in [2.05, 4.69) is 147 Å². The predicted octanol–water partition coefficient (Wildman–Crippen LogP) is 14.6. The lowest BCUT2D eigenvalue weighted by atomic mass is 9.67. The molecular weight excluding hydrogens is 705 g/mol. The molecule has 1 saturated carbocycles. The third kappa shape index (κ3) is 4.80. The number of para-hydroxylation sites is 1. The number of rotatable bonds is 4. The second-order valence-corrected chi connectivity index (χ2v) is 17.2. The molecule has 3 aliphatic rings. The highest BCUT2D eigenvalue weighted by Gasteiger charge is 2.46. The first-order valence-corrected chi connectivity index (χ1v) is 20.9. The van der Waals surface area contributed by atoms with Gasteiger partial charge in [-0.15, -0.1) is 0 Å². The van der Waals surface area contributed by atoms with Gasteiger partial charge in [0, 0.05) is 38.3 Å². The van der Waals surface area contributed by atoms with Crippen molar-refractivity contribution >= 4 is 21.9 Å². The van der Waals surface area contributed by atoms with Crippen LogP contribution < -0.4 is 0 Å². The summed E-state index contributed by atoms with van der Waals surface area (Å²) in [7, 11) is 0. The molecule has 0 unspecified atom stereocenters. The van der Waals surface area contributed by atoms with E-state index in [9.17, 15) is 0 Å². The van der Waals surface area contributed by atoms with E-state index in [1.165, 1.54) is 76.6 Å². The lowest BCUT2D eigenvalue weighted by Crippen LogP contribution is -2.28. The average Bonchev–Trinajstić information content (AvgIpc) is 3.86. The maximum absolute atomic E-state index is 6.79. The summed E-state index contributed by atoms with van der Waals surface area (Å²) in [5.41, 5.74) is 20.5. The van der Waals surface area contributed by atoms with Gasteiger partial charge in [-0.3, -0.25) is 0 Å². The highest BCUT2D eigenvalue weighted by molar-refractivity contribution is 6.11. The molecule has 278 valence electrons. The molecule has 0 saturated heterocycles. The van der Waals surface area contributed by atoms with Gasteiger partial charge >= 0.3 is 0 Å². The Morgan fingerprint density at radius 2 is 1.12 bits per heavy atom. The van der Waals surface area contributed by atoms with Crippen molar-refractivity contribution in [2.75, 3.05) is 0 Å². The SMILES string of the molecule is CC1(C)c2cc3c(cc2-c2c(-c4ccc5oc6c(-c7cc(-c8ccccc8)nc(-c8ccccc8)n7)cccc6c5c4)cccc21)C1(CCCCC1)c1ccccc1-3. The number of hydrogen-bond donors (Lipinski definition) is 0. The molecule has 2 heterocycles. The molecule has 0 atom stereocenters. The van der Waals surface area contributed by atoms with Crippen molar-refractivity contribution in [3.05, 3.63) is 180 Å². The van der Waals surface area contributed by atoms with Crippen LogP contribution in [0.2, 0.25) is 0 Å². The summed E-state index contributed by atoms with van der Waals surface area (Å²) in [5, 5.41) is 2.19. The topological polar surface area (TPSA) is 38.9 Å². The highest BCUT2D eigenvalue weighted by Crippen LogP contribution is 2.60. The van der Waals surface area contributed by atoms with Crippen LogP contribution in [0, 0.1) is 0 Å². The smallest absolute Gasteiger partial charge is 0.160 e. The number of nitrogens with zero attached hydrogens (tertiary/aromatic N) is 2. The summed E-state index contributed by atoms with van der Waals surface area (Å²) in [6, 6.07) is 57.3. The maximum atomic E-state index is 6.79. The molecule has 1 fully saturated rings. The van der Waals surface area contributed by atoms with Crippen molar-refractivity contribution in [1.29, 1.82) is 0 Å². The van der Waals surface area contributed by atoms with E-state index < -0.39 is 0 Å². The molecular formula is C55H42N2O. The Balaban J connectivity index is 1.02. The van der Waals surface area contributed by atoms with Gasteiger partial charge < -0.3 is 4.42 Å². The van der Waals surface area contributed by atoms with Crippen LogP contribution in [0.1, 0.15) is 68.2 Å². The largest absolute Gasteiger partial charge is 0.455 e. The molecule has 7 aromatic carbocycles. The molecule has 0 bridgehead atoms. The predicted molar refractivity (Wildman–Crippen MR) is 238 cm³/mol. The Morgan fingerprint density at radius 3 is 1.95 bits per heavy atom. The number of aromatic nitrogens is 2. The van der Waals surface area contributed by atoms with Crippen LogP contribution in [0.25, 0.3) is 89.2 Å². The summed E-state index contributed by atoms with van der Waals surface area (Å²) in [6.45, 7) is 4.83. The minimum atomic E-state index is -0.122. The van der Waals surface area contributed by atoms with Crippen molar-refractivity contribution in [2.45, 2.75) is 56.8 Å². The third-order valence-corrected chi connectivity index (χ3v) is 13.7. The summed E-state index contributed by atoms with van der Waals surface area (Å²) in [6.07, 6.45) is 6.38. The van der Waals surface area contributed by atoms with Gasteiger partial charge in [-0.25, -0.2) is 9.97 Å². The quantitative estimate of drug-likeness (QED) is 0.180. The summed E-state index contributed by atoms with van der Waals surface area (Å²) < 4.78 is 6.79. The summed E-state index contributed by atoms with van der Waals surface area (Å²) in [5.74, 6) is 0.692. The van der Waals surface area contributed by atoms with Crippen LogP contribution in [-0.4, -0.2) is 9.97 Å². The van der Waals surface area contributed by atoms with E-state index in [1.807, 2.05) is 24.3 Å². The van der Waals surface area contributed by atoms with Crippen LogP contribution in [0.5, 0.6) is 0 Å². The molecule has 0 radical (unpaired) electrons. The van der Waals surface area contributed by atoms with E-state index in [-0.39, 0.29) is 10.8 Å². The summed E-state index contributed by atoms with van der Waals surface area (Å²) >= 11 is 0. The Bertz CT molecular complexity index is 3050. The Hall–Kier alpha value is -6.58. The van der Waals surface area contributed by atoms with Crippen LogP contribution in [0.4, 0.5) is 0 Å². The van der Waals surface area contributed by atoms with E-state index in [0.29, 0.717) is 5.82 Å². The number of furan rings is 1. The zero-order valence-electron chi connectivity index (χ0n) is 32.8. The first-order chi connectivity index (χ1) is 28.5. The fourth-order valence-electron chi connectivity index (χ4n) is 10.9. The van der Waals surface area contributed by atoms with Crippen molar-refractivity contribution in [3.63, 3.8) is 0 Å². The highest BCUT2D eigenvalue weighted by atomic mass is 16.3. The van der Waals surface area contributed by atoms with Crippen LogP contribution in [0.15, 0.2) is 162 Å². The van der Waals surface area contributed by atoms with Gasteiger partial charge in [0.2, 0.25) is 0 Å². The lowest BCUT2D eigenvalue weighted by Gasteiger charge is -2.36. The molecule has 12 rings (SSSR count). The molecule has 1 spiro atoms. The fourth-order valence-corrected chi connectivity index (χ4v) is 10.9. The number of benzene rings is 7. The number of fused-ring (bicyclic) bond motifs is 11.